The van der Waals surface area contributed by atoms with E-state index in [4.69, 9.17) is 25.4 Å². The maximum Gasteiger partial charge on any atom is 0.248 e. The van der Waals surface area contributed by atoms with Gasteiger partial charge in [-0.2, -0.15) is 10.2 Å². The number of amides is 1. The molecule has 5 aromatic rings. The molecule has 0 bridgehead atoms. The predicted molar refractivity (Wildman–Crippen MR) is 163 cm³/mol. The molecule has 0 aliphatic carbocycles. The second kappa shape index (κ2) is 12.6. The van der Waals surface area contributed by atoms with Crippen molar-refractivity contribution in [2.75, 3.05) is 20.3 Å². The van der Waals surface area contributed by atoms with Crippen LogP contribution in [-0.2, 0) is 11.3 Å². The number of nitrogens with zero attached hydrogens (tertiary/aromatic N) is 4. The van der Waals surface area contributed by atoms with Crippen LogP contribution in [0.25, 0.3) is 27.8 Å². The number of hydrogen-bond acceptors (Lipinski definition) is 6. The minimum atomic E-state index is -0.678. The molecule has 9 nitrogen and oxygen atoms in total. The number of benzene rings is 3. The summed E-state index contributed by atoms with van der Waals surface area (Å²) in [6.07, 6.45) is 1.99. The number of methoxy groups -OCH3 is 1. The largest absolute Gasteiger partial charge is 0.491 e. The lowest BCUT2D eigenvalue weighted by atomic mass is 9.95. The number of carbonyl (C=O) groups excluding carboxylic acids is 1. The van der Waals surface area contributed by atoms with E-state index in [1.165, 1.54) is 0 Å². The Labute approximate surface area is 245 Å². The summed E-state index contributed by atoms with van der Waals surface area (Å²) in [5.41, 5.74) is 12.2. The molecule has 0 aliphatic rings. The Bertz CT molecular complexity index is 1690. The summed E-state index contributed by atoms with van der Waals surface area (Å²) < 4.78 is 14.9. The van der Waals surface area contributed by atoms with Crippen molar-refractivity contribution in [3.63, 3.8) is 0 Å². The van der Waals surface area contributed by atoms with Crippen LogP contribution in [0.5, 0.6) is 5.75 Å². The first kappa shape index (κ1) is 29.0. The first-order valence-corrected chi connectivity index (χ1v) is 14.1. The second-order valence-electron chi connectivity index (χ2n) is 10.7. The summed E-state index contributed by atoms with van der Waals surface area (Å²) in [7, 11) is 1.65. The number of aromatic nitrogens is 4. The number of fused-ring (bicyclic) bond motifs is 1. The van der Waals surface area contributed by atoms with Crippen molar-refractivity contribution >= 4 is 16.8 Å². The zero-order valence-electron chi connectivity index (χ0n) is 24.4. The molecule has 0 spiro atoms. The molecule has 0 saturated carbocycles. The van der Waals surface area contributed by atoms with Gasteiger partial charge in [0.05, 0.1) is 30.5 Å². The SMILES string of the molecule is COCCCOc1cc(C(N)=O)ccc1-n1nc(-c2cccc3nn(C[C@H](O)c4ccccc4)cc23)c(C(C)C)c1C. The van der Waals surface area contributed by atoms with Crippen molar-refractivity contribution in [3.8, 4) is 22.7 Å². The van der Waals surface area contributed by atoms with Crippen LogP contribution in [0.1, 0.15) is 59.5 Å². The molecular weight excluding hydrogens is 530 g/mol. The molecule has 218 valence electrons. The fourth-order valence-corrected chi connectivity index (χ4v) is 5.33. The van der Waals surface area contributed by atoms with Crippen LogP contribution < -0.4 is 10.5 Å². The molecule has 1 atom stereocenters. The Morgan fingerprint density at radius 3 is 2.52 bits per heavy atom. The summed E-state index contributed by atoms with van der Waals surface area (Å²) >= 11 is 0. The fourth-order valence-electron chi connectivity index (χ4n) is 5.33. The maximum atomic E-state index is 12.0. The standard InChI is InChI=1S/C33H37N5O4/c1-21(2)31-22(3)38(28-15-14-24(33(34)40)18-30(28)42-17-9-16-41-4)36-32(31)25-12-8-13-27-26(25)19-37(35-27)20-29(39)23-10-6-5-7-11-23/h5-8,10-15,18-19,21,29,39H,9,16-17,20H2,1-4H3,(H2,34,40)/t29-/m0/s1. The number of rotatable bonds is 12. The summed E-state index contributed by atoms with van der Waals surface area (Å²) in [6, 6.07) is 20.8. The number of aliphatic hydroxyl groups is 1. The minimum Gasteiger partial charge on any atom is -0.491 e. The van der Waals surface area contributed by atoms with Gasteiger partial charge >= 0.3 is 0 Å². The molecule has 0 unspecified atom stereocenters. The van der Waals surface area contributed by atoms with E-state index >= 15 is 0 Å². The van der Waals surface area contributed by atoms with Gasteiger partial charge in [0.2, 0.25) is 5.91 Å². The third kappa shape index (κ3) is 5.93. The molecule has 0 aliphatic heterocycles. The summed E-state index contributed by atoms with van der Waals surface area (Å²) in [5.74, 6) is 0.177. The molecule has 9 heteroatoms. The van der Waals surface area contributed by atoms with Crippen molar-refractivity contribution in [3.05, 3.63) is 95.3 Å². The highest BCUT2D eigenvalue weighted by atomic mass is 16.5. The smallest absolute Gasteiger partial charge is 0.248 e. The van der Waals surface area contributed by atoms with E-state index in [9.17, 15) is 9.90 Å². The zero-order valence-corrected chi connectivity index (χ0v) is 24.4. The van der Waals surface area contributed by atoms with Crippen LogP contribution >= 0.6 is 0 Å². The van der Waals surface area contributed by atoms with E-state index in [-0.39, 0.29) is 5.92 Å². The van der Waals surface area contributed by atoms with Crippen LogP contribution in [0, 0.1) is 6.92 Å². The molecule has 42 heavy (non-hydrogen) atoms. The Hall–Kier alpha value is -4.47. The zero-order chi connectivity index (χ0) is 29.8. The highest BCUT2D eigenvalue weighted by Crippen LogP contribution is 2.38. The quantitative estimate of drug-likeness (QED) is 0.190. The Morgan fingerprint density at radius 1 is 1.02 bits per heavy atom. The van der Waals surface area contributed by atoms with Gasteiger partial charge in [0.15, 0.2) is 0 Å². The topological polar surface area (TPSA) is 117 Å². The molecule has 2 heterocycles. The minimum absolute atomic E-state index is 0.176. The maximum absolute atomic E-state index is 12.0. The van der Waals surface area contributed by atoms with Gasteiger partial charge in [-0.25, -0.2) is 4.68 Å². The molecule has 1 amide bonds. The van der Waals surface area contributed by atoms with Gasteiger partial charge in [-0.3, -0.25) is 9.48 Å². The monoisotopic (exact) mass is 567 g/mol. The number of aliphatic hydroxyl groups excluding tert-OH is 1. The third-order valence-corrected chi connectivity index (χ3v) is 7.36. The van der Waals surface area contributed by atoms with E-state index in [0.717, 1.165) is 44.7 Å². The Morgan fingerprint density at radius 2 is 1.81 bits per heavy atom. The first-order chi connectivity index (χ1) is 20.3. The van der Waals surface area contributed by atoms with Crippen molar-refractivity contribution in [2.24, 2.45) is 5.73 Å². The number of hydrogen-bond donors (Lipinski definition) is 2. The summed E-state index contributed by atoms with van der Waals surface area (Å²) in [5, 5.41) is 21.7. The predicted octanol–water partition coefficient (Wildman–Crippen LogP) is 5.57. The highest BCUT2D eigenvalue weighted by Gasteiger charge is 2.24. The van der Waals surface area contributed by atoms with Crippen molar-refractivity contribution < 1.29 is 19.4 Å². The molecule has 0 saturated heterocycles. The molecule has 3 N–H and O–H groups in total. The van der Waals surface area contributed by atoms with Crippen molar-refractivity contribution in [1.29, 1.82) is 0 Å². The molecule has 5 rings (SSSR count). The first-order valence-electron chi connectivity index (χ1n) is 14.1. The van der Waals surface area contributed by atoms with E-state index in [2.05, 4.69) is 19.9 Å². The Balaban J connectivity index is 1.58. The average molecular weight is 568 g/mol. The van der Waals surface area contributed by atoms with Crippen LogP contribution in [0.2, 0.25) is 0 Å². The number of carbonyl (C=O) groups is 1. The van der Waals surface area contributed by atoms with Gasteiger partial charge in [0, 0.05) is 54.1 Å². The van der Waals surface area contributed by atoms with Gasteiger partial charge < -0.3 is 20.3 Å². The van der Waals surface area contributed by atoms with Crippen LogP contribution in [0.15, 0.2) is 72.9 Å². The molecular formula is C33H37N5O4. The normalized spacial score (nSPS) is 12.2. The van der Waals surface area contributed by atoms with Gasteiger partial charge in [0.1, 0.15) is 11.4 Å². The van der Waals surface area contributed by atoms with Gasteiger partial charge in [-0.05, 0) is 42.7 Å². The lowest BCUT2D eigenvalue weighted by Gasteiger charge is -2.14. The average Bonchev–Trinajstić information content (AvgIpc) is 3.55. The summed E-state index contributed by atoms with van der Waals surface area (Å²) in [4.78, 5) is 12.0. The lowest BCUT2D eigenvalue weighted by Crippen LogP contribution is -2.13. The van der Waals surface area contributed by atoms with E-state index < -0.39 is 12.0 Å². The van der Waals surface area contributed by atoms with E-state index in [1.54, 1.807) is 23.9 Å². The van der Waals surface area contributed by atoms with Gasteiger partial charge in [0.25, 0.3) is 0 Å². The number of nitrogens with two attached hydrogens (primary N) is 1. The number of primary amides is 1. The van der Waals surface area contributed by atoms with Crippen LogP contribution in [0.4, 0.5) is 0 Å². The van der Waals surface area contributed by atoms with Crippen LogP contribution in [0.3, 0.4) is 0 Å². The van der Waals surface area contributed by atoms with Gasteiger partial charge in [-0.15, -0.1) is 0 Å². The molecule has 3 aromatic carbocycles. The van der Waals surface area contributed by atoms with Crippen molar-refractivity contribution in [2.45, 2.75) is 45.8 Å². The molecule has 0 fully saturated rings. The van der Waals surface area contributed by atoms with E-state index in [0.29, 0.717) is 37.5 Å². The fraction of sp³-hybridized carbons (Fsp3) is 0.303. The van der Waals surface area contributed by atoms with E-state index in [1.807, 2.05) is 66.3 Å². The Kier molecular flexibility index (Phi) is 8.70. The van der Waals surface area contributed by atoms with Crippen LogP contribution in [-0.4, -0.2) is 50.9 Å². The molecule has 0 radical (unpaired) electrons. The van der Waals surface area contributed by atoms with Gasteiger partial charge in [-0.1, -0.05) is 56.3 Å². The second-order valence-corrected chi connectivity index (χ2v) is 10.7. The molecule has 2 aromatic heterocycles. The highest BCUT2D eigenvalue weighted by molar-refractivity contribution is 5.95. The lowest BCUT2D eigenvalue weighted by molar-refractivity contribution is 0.0999. The summed E-state index contributed by atoms with van der Waals surface area (Å²) in [6.45, 7) is 7.65. The third-order valence-electron chi connectivity index (χ3n) is 7.36. The van der Waals surface area contributed by atoms with Crippen molar-refractivity contribution in [1.82, 2.24) is 19.6 Å². The number of ether oxygens (including phenoxy) is 2.